The molecule has 3 heterocycles. The smallest absolute Gasteiger partial charge is 0.414 e. The number of hydrogen-bond donors (Lipinski definition) is 4. The van der Waals surface area contributed by atoms with Crippen molar-refractivity contribution in [2.24, 2.45) is 5.73 Å². The number of carbonyl (C=O) groups excluding carboxylic acids is 2. The fraction of sp³-hybridized carbons (Fsp3) is 0.333. The summed E-state index contributed by atoms with van der Waals surface area (Å²) in [5.41, 5.74) is 9.87. The number of nitrogens with zero attached hydrogens (tertiary/aromatic N) is 2. The molecule has 0 spiro atoms. The molecule has 10 nitrogen and oxygen atoms in total. The Balaban J connectivity index is 0.000000480. The SMILES string of the molecule is NC(=O)C(=O)N1CC(CCN2CCC(c3ccc4[nH]ccc4c3)CC2)c2ccccc21.O=C(O)C(=O)O. The van der Waals surface area contributed by atoms with Crippen LogP contribution >= 0.6 is 0 Å². The van der Waals surface area contributed by atoms with Crippen LogP contribution in [0.4, 0.5) is 5.69 Å². The predicted octanol–water partition coefficient (Wildman–Crippen LogP) is 2.51. The van der Waals surface area contributed by atoms with Crippen LogP contribution in [-0.2, 0) is 19.2 Å². The topological polar surface area (TPSA) is 157 Å². The lowest BCUT2D eigenvalue weighted by molar-refractivity contribution is -0.159. The molecule has 1 aromatic heterocycles. The molecule has 37 heavy (non-hydrogen) atoms. The molecule has 10 heteroatoms. The quantitative estimate of drug-likeness (QED) is 0.396. The number of benzene rings is 2. The number of aromatic amines is 1. The average molecular weight is 507 g/mol. The van der Waals surface area contributed by atoms with Gasteiger partial charge in [-0.1, -0.05) is 24.3 Å². The summed E-state index contributed by atoms with van der Waals surface area (Å²) in [5, 5.41) is 16.1. The number of para-hydroxylation sites is 1. The highest BCUT2D eigenvalue weighted by Gasteiger charge is 2.34. The van der Waals surface area contributed by atoms with E-state index in [-0.39, 0.29) is 5.92 Å². The molecule has 5 N–H and O–H groups in total. The molecule has 3 aromatic rings. The Labute approximate surface area is 213 Å². The van der Waals surface area contributed by atoms with E-state index < -0.39 is 23.8 Å². The first-order valence-electron chi connectivity index (χ1n) is 12.2. The number of aliphatic carboxylic acids is 2. The maximum absolute atomic E-state index is 12.2. The minimum Gasteiger partial charge on any atom is -0.473 e. The molecule has 194 valence electrons. The van der Waals surface area contributed by atoms with E-state index in [2.05, 4.69) is 40.2 Å². The van der Waals surface area contributed by atoms with Gasteiger partial charge in [0.15, 0.2) is 0 Å². The summed E-state index contributed by atoms with van der Waals surface area (Å²) in [7, 11) is 0. The normalized spacial score (nSPS) is 17.6. The first-order chi connectivity index (χ1) is 17.7. The lowest BCUT2D eigenvalue weighted by Gasteiger charge is -2.33. The number of nitrogens with two attached hydrogens (primary N) is 1. The van der Waals surface area contributed by atoms with Crippen LogP contribution in [0.5, 0.6) is 0 Å². The number of nitrogens with one attached hydrogen (secondary N) is 1. The summed E-state index contributed by atoms with van der Waals surface area (Å²) in [5.74, 6) is -4.30. The van der Waals surface area contributed by atoms with Crippen LogP contribution in [0, 0.1) is 0 Å². The minimum absolute atomic E-state index is 0.244. The van der Waals surface area contributed by atoms with Gasteiger partial charge in [0.05, 0.1) is 0 Å². The number of likely N-dealkylation sites (tertiary alicyclic amines) is 1. The Bertz CT molecular complexity index is 1300. The van der Waals surface area contributed by atoms with Crippen LogP contribution in [-0.4, -0.2) is 70.0 Å². The second kappa shape index (κ2) is 11.3. The van der Waals surface area contributed by atoms with Crippen LogP contribution in [0.2, 0.25) is 0 Å². The van der Waals surface area contributed by atoms with E-state index in [4.69, 9.17) is 25.5 Å². The summed E-state index contributed by atoms with van der Waals surface area (Å²) in [6, 6.07) is 16.8. The van der Waals surface area contributed by atoms with E-state index in [0.717, 1.165) is 37.3 Å². The first kappa shape index (κ1) is 25.9. The van der Waals surface area contributed by atoms with Crippen molar-refractivity contribution in [1.82, 2.24) is 9.88 Å². The van der Waals surface area contributed by atoms with Crippen molar-refractivity contribution in [3.63, 3.8) is 0 Å². The number of carboxylic acids is 2. The largest absolute Gasteiger partial charge is 0.473 e. The molecule has 0 radical (unpaired) electrons. The number of aromatic nitrogens is 1. The van der Waals surface area contributed by atoms with Gasteiger partial charge >= 0.3 is 23.8 Å². The van der Waals surface area contributed by atoms with Gasteiger partial charge in [0.2, 0.25) is 0 Å². The number of rotatable bonds is 4. The zero-order chi connectivity index (χ0) is 26.5. The molecule has 2 aliphatic heterocycles. The second-order valence-corrected chi connectivity index (χ2v) is 9.38. The summed E-state index contributed by atoms with van der Waals surface area (Å²) < 4.78 is 0. The number of carbonyl (C=O) groups is 4. The molecular weight excluding hydrogens is 476 g/mol. The molecule has 1 saturated heterocycles. The molecule has 1 atom stereocenters. The van der Waals surface area contributed by atoms with Gasteiger partial charge in [-0.15, -0.1) is 0 Å². The van der Waals surface area contributed by atoms with Gasteiger partial charge in [-0.3, -0.25) is 9.59 Å². The molecule has 0 aliphatic carbocycles. The van der Waals surface area contributed by atoms with Crippen molar-refractivity contribution in [1.29, 1.82) is 0 Å². The van der Waals surface area contributed by atoms with Gasteiger partial charge in [0.1, 0.15) is 0 Å². The van der Waals surface area contributed by atoms with Crippen molar-refractivity contribution in [3.05, 3.63) is 65.9 Å². The first-order valence-corrected chi connectivity index (χ1v) is 12.2. The molecular formula is C27H30N4O6. The van der Waals surface area contributed by atoms with Crippen LogP contribution in [0.15, 0.2) is 54.7 Å². The number of amides is 2. The van der Waals surface area contributed by atoms with Gasteiger partial charge in [-0.25, -0.2) is 9.59 Å². The maximum Gasteiger partial charge on any atom is 0.414 e. The molecule has 2 amide bonds. The summed E-state index contributed by atoms with van der Waals surface area (Å²) >= 11 is 0. The maximum atomic E-state index is 12.2. The van der Waals surface area contributed by atoms with Crippen LogP contribution in [0.1, 0.15) is 42.2 Å². The molecule has 0 bridgehead atoms. The monoisotopic (exact) mass is 506 g/mol. The van der Waals surface area contributed by atoms with E-state index in [1.54, 1.807) is 4.90 Å². The van der Waals surface area contributed by atoms with Crippen LogP contribution in [0.3, 0.4) is 0 Å². The molecule has 1 unspecified atom stereocenters. The van der Waals surface area contributed by atoms with Crippen LogP contribution in [0.25, 0.3) is 10.9 Å². The standard InChI is InChI=1S/C25H28N4O2.C2H2O4/c26-24(30)25(31)29-16-20(21-3-1-2-4-23(21)29)10-14-28-12-8-17(9-13-28)18-5-6-22-19(15-18)7-11-27-22;3-1(4)2(5)6/h1-7,11,15,17,20,27H,8-10,12-14,16H2,(H2,26,30);(H,3,4)(H,5,6). The fourth-order valence-electron chi connectivity index (χ4n) is 5.22. The Morgan fingerprint density at radius 2 is 1.68 bits per heavy atom. The van der Waals surface area contributed by atoms with Gasteiger partial charge in [-0.05, 0) is 85.6 Å². The number of carboxylic acid groups (broad SMARTS) is 2. The third-order valence-electron chi connectivity index (χ3n) is 7.14. The average Bonchev–Trinajstić information content (AvgIpc) is 3.52. The van der Waals surface area contributed by atoms with Crippen molar-refractivity contribution in [2.75, 3.05) is 31.1 Å². The molecule has 2 aliphatic rings. The molecule has 5 rings (SSSR count). The highest BCUT2D eigenvalue weighted by molar-refractivity contribution is 6.40. The van der Waals surface area contributed by atoms with Gasteiger partial charge in [0.25, 0.3) is 0 Å². The lowest BCUT2D eigenvalue weighted by atomic mass is 9.88. The number of piperidine rings is 1. The lowest BCUT2D eigenvalue weighted by Crippen LogP contribution is -2.40. The third kappa shape index (κ3) is 5.97. The number of primary amides is 1. The van der Waals surface area contributed by atoms with E-state index >= 15 is 0 Å². The Morgan fingerprint density at radius 3 is 2.35 bits per heavy atom. The fourth-order valence-corrected chi connectivity index (χ4v) is 5.22. The molecule has 1 fully saturated rings. The van der Waals surface area contributed by atoms with Crippen LogP contribution < -0.4 is 10.6 Å². The zero-order valence-corrected chi connectivity index (χ0v) is 20.3. The molecule has 0 saturated carbocycles. The highest BCUT2D eigenvalue weighted by atomic mass is 16.4. The van der Waals surface area contributed by atoms with Gasteiger partial charge in [-0.2, -0.15) is 0 Å². The van der Waals surface area contributed by atoms with E-state index in [9.17, 15) is 9.59 Å². The Morgan fingerprint density at radius 1 is 0.973 bits per heavy atom. The second-order valence-electron chi connectivity index (χ2n) is 9.38. The van der Waals surface area contributed by atoms with E-state index in [1.165, 1.54) is 29.3 Å². The van der Waals surface area contributed by atoms with E-state index in [1.807, 2.05) is 24.4 Å². The van der Waals surface area contributed by atoms with Gasteiger partial charge in [0, 0.05) is 29.9 Å². The summed E-state index contributed by atoms with van der Waals surface area (Å²) in [6.07, 6.45) is 5.31. The van der Waals surface area contributed by atoms with E-state index in [0.29, 0.717) is 12.5 Å². The van der Waals surface area contributed by atoms with Crippen molar-refractivity contribution >= 4 is 40.3 Å². The molecule has 2 aromatic carbocycles. The summed E-state index contributed by atoms with van der Waals surface area (Å²) in [4.78, 5) is 49.2. The number of fused-ring (bicyclic) bond motifs is 2. The van der Waals surface area contributed by atoms with Gasteiger partial charge < -0.3 is 30.7 Å². The summed E-state index contributed by atoms with van der Waals surface area (Å²) in [6.45, 7) is 3.72. The Hall–Kier alpha value is -4.18. The van der Waals surface area contributed by atoms with Crippen molar-refractivity contribution < 1.29 is 29.4 Å². The third-order valence-corrected chi connectivity index (χ3v) is 7.14. The Kier molecular flexibility index (Phi) is 7.88. The minimum atomic E-state index is -1.82. The highest BCUT2D eigenvalue weighted by Crippen LogP contribution is 2.38. The number of hydrogen-bond acceptors (Lipinski definition) is 5. The number of anilines is 1. The zero-order valence-electron chi connectivity index (χ0n) is 20.3. The number of H-pyrrole nitrogens is 1. The van der Waals surface area contributed by atoms with Crippen molar-refractivity contribution in [3.8, 4) is 0 Å². The predicted molar refractivity (Wildman–Crippen MR) is 137 cm³/mol. The van der Waals surface area contributed by atoms with Crippen molar-refractivity contribution in [2.45, 2.75) is 31.1 Å².